The van der Waals surface area contributed by atoms with Crippen molar-refractivity contribution in [2.75, 3.05) is 5.32 Å². The van der Waals surface area contributed by atoms with Gasteiger partial charge in [0.15, 0.2) is 0 Å². The normalized spacial score (nSPS) is 16.3. The molecule has 2 heterocycles. The van der Waals surface area contributed by atoms with Gasteiger partial charge in [-0.3, -0.25) is 0 Å². The van der Waals surface area contributed by atoms with E-state index in [-0.39, 0.29) is 0 Å². The number of rotatable bonds is 4. The maximum Gasteiger partial charge on any atom is 0.203 e. The van der Waals surface area contributed by atoms with E-state index in [9.17, 15) is 0 Å². The molecule has 0 bridgehead atoms. The number of anilines is 1. The van der Waals surface area contributed by atoms with Gasteiger partial charge in [0, 0.05) is 27.8 Å². The second kappa shape index (κ2) is 5.45. The van der Waals surface area contributed by atoms with Crippen molar-refractivity contribution >= 4 is 33.2 Å². The molecule has 2 aromatic rings. The molecule has 0 spiro atoms. The molecule has 5 heteroatoms. The van der Waals surface area contributed by atoms with Crippen LogP contribution in [-0.2, 0) is 6.54 Å². The van der Waals surface area contributed by atoms with Crippen LogP contribution in [0.5, 0.6) is 0 Å². The van der Waals surface area contributed by atoms with Gasteiger partial charge in [-0.1, -0.05) is 12.8 Å². The van der Waals surface area contributed by atoms with Crippen molar-refractivity contribution in [1.82, 2.24) is 9.55 Å². The second-order valence-corrected chi connectivity index (χ2v) is 6.50. The summed E-state index contributed by atoms with van der Waals surface area (Å²) in [5, 5.41) is 5.55. The fourth-order valence-corrected chi connectivity index (χ4v) is 3.97. The summed E-state index contributed by atoms with van der Waals surface area (Å²) in [6, 6.07) is 2.73. The quantitative estimate of drug-likeness (QED) is 0.900. The van der Waals surface area contributed by atoms with Gasteiger partial charge < -0.3 is 9.88 Å². The number of hydrogen-bond acceptors (Lipinski definition) is 3. The summed E-state index contributed by atoms with van der Waals surface area (Å²) in [5.74, 6) is 1.00. The molecule has 1 aliphatic carbocycles. The third kappa shape index (κ3) is 2.47. The summed E-state index contributed by atoms with van der Waals surface area (Å²) < 4.78 is 3.48. The van der Waals surface area contributed by atoms with Crippen LogP contribution >= 0.6 is 27.3 Å². The molecule has 0 aliphatic heterocycles. The lowest BCUT2D eigenvalue weighted by Crippen LogP contribution is -2.10. The predicted molar refractivity (Wildman–Crippen MR) is 79.1 cm³/mol. The van der Waals surface area contributed by atoms with E-state index in [4.69, 9.17) is 0 Å². The molecule has 96 valence electrons. The van der Waals surface area contributed by atoms with E-state index in [0.717, 1.165) is 12.5 Å². The van der Waals surface area contributed by atoms with Gasteiger partial charge in [-0.15, -0.1) is 11.3 Å². The summed E-state index contributed by atoms with van der Waals surface area (Å²) in [6.45, 7) is 0.835. The van der Waals surface area contributed by atoms with Crippen molar-refractivity contribution in [1.29, 1.82) is 0 Å². The molecule has 1 fully saturated rings. The van der Waals surface area contributed by atoms with Crippen molar-refractivity contribution in [3.8, 4) is 0 Å². The fourth-order valence-electron chi connectivity index (χ4n) is 2.54. The Kier molecular flexibility index (Phi) is 3.70. The smallest absolute Gasteiger partial charge is 0.203 e. The highest BCUT2D eigenvalue weighted by atomic mass is 79.9. The van der Waals surface area contributed by atoms with E-state index < -0.39 is 0 Å². The SMILES string of the molecule is Brc1ccsc1CNc1nccn1C1CCCC1. The molecule has 3 rings (SSSR count). The standard InChI is InChI=1S/C13H16BrN3S/c14-11-5-8-18-12(11)9-16-13-15-6-7-17(13)10-3-1-2-4-10/h5-8,10H,1-4,9H2,(H,15,16). The molecule has 0 amide bonds. The Morgan fingerprint density at radius 2 is 2.28 bits per heavy atom. The predicted octanol–water partition coefficient (Wildman–Crippen LogP) is 4.43. The van der Waals surface area contributed by atoms with E-state index >= 15 is 0 Å². The average molecular weight is 326 g/mol. The lowest BCUT2D eigenvalue weighted by atomic mass is 10.2. The van der Waals surface area contributed by atoms with Crippen molar-refractivity contribution < 1.29 is 0 Å². The molecule has 18 heavy (non-hydrogen) atoms. The molecule has 1 saturated carbocycles. The number of hydrogen-bond donors (Lipinski definition) is 1. The number of nitrogens with zero attached hydrogens (tertiary/aromatic N) is 2. The van der Waals surface area contributed by atoms with Crippen LogP contribution in [-0.4, -0.2) is 9.55 Å². The van der Waals surface area contributed by atoms with Crippen LogP contribution < -0.4 is 5.32 Å². The first-order chi connectivity index (χ1) is 8.84. The van der Waals surface area contributed by atoms with Crippen LogP contribution in [0.4, 0.5) is 5.95 Å². The molecule has 0 radical (unpaired) electrons. The van der Waals surface area contributed by atoms with E-state index in [1.165, 1.54) is 35.0 Å². The van der Waals surface area contributed by atoms with Gasteiger partial charge >= 0.3 is 0 Å². The van der Waals surface area contributed by atoms with Crippen LogP contribution in [0.3, 0.4) is 0 Å². The summed E-state index contributed by atoms with van der Waals surface area (Å²) in [5.41, 5.74) is 0. The summed E-state index contributed by atoms with van der Waals surface area (Å²) >= 11 is 5.32. The maximum absolute atomic E-state index is 4.43. The molecule has 1 N–H and O–H groups in total. The highest BCUT2D eigenvalue weighted by Gasteiger charge is 2.19. The lowest BCUT2D eigenvalue weighted by Gasteiger charge is -2.15. The van der Waals surface area contributed by atoms with E-state index in [2.05, 4.69) is 48.4 Å². The van der Waals surface area contributed by atoms with Crippen LogP contribution in [0.15, 0.2) is 28.3 Å². The van der Waals surface area contributed by atoms with Crippen molar-refractivity contribution in [3.63, 3.8) is 0 Å². The highest BCUT2D eigenvalue weighted by Crippen LogP contribution is 2.31. The van der Waals surface area contributed by atoms with Gasteiger partial charge in [0.1, 0.15) is 0 Å². The lowest BCUT2D eigenvalue weighted by molar-refractivity contribution is 0.523. The minimum absolute atomic E-state index is 0.641. The van der Waals surface area contributed by atoms with Crippen LogP contribution in [0.2, 0.25) is 0 Å². The van der Waals surface area contributed by atoms with Crippen molar-refractivity contribution in [2.45, 2.75) is 38.3 Å². The molecule has 0 atom stereocenters. The van der Waals surface area contributed by atoms with Crippen LogP contribution in [0.25, 0.3) is 0 Å². The number of aromatic nitrogens is 2. The number of nitrogens with one attached hydrogen (secondary N) is 1. The zero-order valence-corrected chi connectivity index (χ0v) is 12.5. The number of thiophene rings is 1. The third-order valence-electron chi connectivity index (χ3n) is 3.48. The summed E-state index contributed by atoms with van der Waals surface area (Å²) in [6.07, 6.45) is 9.25. The molecular formula is C13H16BrN3S. The topological polar surface area (TPSA) is 29.9 Å². The Morgan fingerprint density at radius 3 is 3.00 bits per heavy atom. The molecule has 1 aliphatic rings. The Hall–Kier alpha value is -0.810. The summed E-state index contributed by atoms with van der Waals surface area (Å²) in [4.78, 5) is 5.75. The van der Waals surface area contributed by atoms with E-state index in [1.807, 2.05) is 6.20 Å². The molecule has 2 aromatic heterocycles. The average Bonchev–Trinajstić information content (AvgIpc) is 3.07. The van der Waals surface area contributed by atoms with Gasteiger partial charge in [0.25, 0.3) is 0 Å². The molecular weight excluding hydrogens is 310 g/mol. The maximum atomic E-state index is 4.43. The summed E-state index contributed by atoms with van der Waals surface area (Å²) in [7, 11) is 0. The van der Waals surface area contributed by atoms with Crippen LogP contribution in [0.1, 0.15) is 36.6 Å². The first kappa shape index (κ1) is 12.2. The van der Waals surface area contributed by atoms with Gasteiger partial charge in [-0.25, -0.2) is 4.98 Å². The second-order valence-electron chi connectivity index (χ2n) is 4.64. The monoisotopic (exact) mass is 325 g/mol. The Balaban J connectivity index is 1.69. The zero-order valence-electron chi connectivity index (χ0n) is 10.1. The van der Waals surface area contributed by atoms with Gasteiger partial charge in [-0.05, 0) is 40.2 Å². The number of halogens is 1. The van der Waals surface area contributed by atoms with E-state index in [1.54, 1.807) is 11.3 Å². The molecule has 3 nitrogen and oxygen atoms in total. The molecule has 0 unspecified atom stereocenters. The van der Waals surface area contributed by atoms with Crippen molar-refractivity contribution in [2.24, 2.45) is 0 Å². The largest absolute Gasteiger partial charge is 0.351 e. The molecule has 0 saturated heterocycles. The Morgan fingerprint density at radius 1 is 1.44 bits per heavy atom. The third-order valence-corrected chi connectivity index (χ3v) is 5.41. The minimum Gasteiger partial charge on any atom is -0.351 e. The van der Waals surface area contributed by atoms with Crippen molar-refractivity contribution in [3.05, 3.63) is 33.2 Å². The van der Waals surface area contributed by atoms with E-state index in [0.29, 0.717) is 6.04 Å². The Bertz CT molecular complexity index is 514. The molecule has 0 aromatic carbocycles. The van der Waals surface area contributed by atoms with Gasteiger partial charge in [0.2, 0.25) is 5.95 Å². The Labute approximate surface area is 119 Å². The zero-order chi connectivity index (χ0) is 12.4. The first-order valence-electron chi connectivity index (χ1n) is 6.33. The fraction of sp³-hybridized carbons (Fsp3) is 0.462. The van der Waals surface area contributed by atoms with Gasteiger partial charge in [0.05, 0.1) is 6.54 Å². The van der Waals surface area contributed by atoms with Crippen LogP contribution in [0, 0.1) is 0 Å². The highest BCUT2D eigenvalue weighted by molar-refractivity contribution is 9.10. The van der Waals surface area contributed by atoms with Gasteiger partial charge in [-0.2, -0.15) is 0 Å². The minimum atomic E-state index is 0.641. The number of imidazole rings is 1. The first-order valence-corrected chi connectivity index (χ1v) is 8.00.